The molecule has 2 heterocycles. The van der Waals surface area contributed by atoms with E-state index in [1.165, 1.54) is 51.5 Å². The summed E-state index contributed by atoms with van der Waals surface area (Å²) in [6.07, 6.45) is 14.3. The number of allylic oxidation sites excluding steroid dienone is 1. The third kappa shape index (κ3) is 2.48. The number of piperidine rings is 1. The second-order valence-corrected chi connectivity index (χ2v) is 12.8. The van der Waals surface area contributed by atoms with Gasteiger partial charge in [-0.1, -0.05) is 39.3 Å². The highest BCUT2D eigenvalue weighted by atomic mass is 16.3. The lowest BCUT2D eigenvalue weighted by Crippen LogP contribution is -2.51. The van der Waals surface area contributed by atoms with Crippen LogP contribution in [0.1, 0.15) is 85.5 Å². The largest absolute Gasteiger partial charge is 0.393 e. The number of aliphatic hydroxyl groups is 1. The monoisotopic (exact) mass is 397 g/mol. The summed E-state index contributed by atoms with van der Waals surface area (Å²) >= 11 is 0. The van der Waals surface area contributed by atoms with E-state index in [1.54, 1.807) is 5.57 Å². The van der Waals surface area contributed by atoms with Crippen molar-refractivity contribution in [3.8, 4) is 0 Å². The van der Waals surface area contributed by atoms with E-state index in [2.05, 4.69) is 38.7 Å². The van der Waals surface area contributed by atoms with E-state index in [0.717, 1.165) is 60.4 Å². The summed E-state index contributed by atoms with van der Waals surface area (Å²) in [6.45, 7) is 11.8. The molecule has 4 aliphatic carbocycles. The minimum Gasteiger partial charge on any atom is -0.393 e. The Hall–Kier alpha value is -0.340. The van der Waals surface area contributed by atoms with Gasteiger partial charge in [0.1, 0.15) is 0 Å². The van der Waals surface area contributed by atoms with Gasteiger partial charge < -0.3 is 5.11 Å². The third-order valence-corrected chi connectivity index (χ3v) is 11.7. The van der Waals surface area contributed by atoms with Gasteiger partial charge in [-0.15, -0.1) is 0 Å². The first kappa shape index (κ1) is 19.4. The van der Waals surface area contributed by atoms with Crippen molar-refractivity contribution in [1.29, 1.82) is 0 Å². The minimum absolute atomic E-state index is 0.0792. The molecule has 0 aromatic rings. The molecule has 2 heteroatoms. The van der Waals surface area contributed by atoms with Crippen LogP contribution in [0.2, 0.25) is 0 Å². The van der Waals surface area contributed by atoms with Crippen LogP contribution in [0.3, 0.4) is 0 Å². The SMILES string of the molecule is CC1CC[C@@H]2C(C)C3C(CC4C5CC=C6CC(O)CCC6(C)C5CCC43C)N2C1. The number of fused-ring (bicyclic) bond motifs is 9. The predicted octanol–water partition coefficient (Wildman–Crippen LogP) is 5.66. The van der Waals surface area contributed by atoms with E-state index in [0.29, 0.717) is 10.8 Å². The van der Waals surface area contributed by atoms with Crippen molar-refractivity contribution >= 4 is 0 Å². The van der Waals surface area contributed by atoms with Crippen molar-refractivity contribution in [2.75, 3.05) is 6.54 Å². The standard InChI is InChI=1S/C27H43NO/c1-16-5-8-23-17(2)25-24(28(23)15-16)14-22-20-7-6-18-13-19(29)9-11-26(18,3)21(20)10-12-27(22,25)4/h6,16-17,19-25,29H,5,7-15H2,1-4H3/t16?,17?,19?,20?,21?,22?,23-,24?,25?,26?,27?/m1/s1. The average Bonchev–Trinajstić information content (AvgIpc) is 3.15. The molecule has 0 aromatic heterocycles. The summed E-state index contributed by atoms with van der Waals surface area (Å²) in [7, 11) is 0. The van der Waals surface area contributed by atoms with Crippen LogP contribution >= 0.6 is 0 Å². The van der Waals surface area contributed by atoms with Crippen LogP contribution in [0.15, 0.2) is 11.6 Å². The first-order chi connectivity index (χ1) is 13.8. The first-order valence-electron chi connectivity index (χ1n) is 13.0. The normalized spacial score (nSPS) is 59.2. The van der Waals surface area contributed by atoms with Crippen LogP contribution in [-0.2, 0) is 0 Å². The molecule has 0 amide bonds. The molecule has 11 atom stereocenters. The second-order valence-electron chi connectivity index (χ2n) is 12.8. The molecule has 1 N–H and O–H groups in total. The molecule has 162 valence electrons. The Morgan fingerprint density at radius 3 is 2.66 bits per heavy atom. The molecule has 0 radical (unpaired) electrons. The van der Waals surface area contributed by atoms with Gasteiger partial charge in [-0.2, -0.15) is 0 Å². The zero-order valence-corrected chi connectivity index (χ0v) is 19.2. The molecule has 0 spiro atoms. The van der Waals surface area contributed by atoms with E-state index >= 15 is 0 Å². The molecule has 3 saturated carbocycles. The maximum Gasteiger partial charge on any atom is 0.0577 e. The summed E-state index contributed by atoms with van der Waals surface area (Å²) in [5.74, 6) is 5.44. The Morgan fingerprint density at radius 2 is 1.83 bits per heavy atom. The second kappa shape index (κ2) is 6.35. The van der Waals surface area contributed by atoms with Crippen molar-refractivity contribution in [2.45, 2.75) is 104 Å². The highest BCUT2D eigenvalue weighted by molar-refractivity contribution is 5.26. The summed E-state index contributed by atoms with van der Waals surface area (Å²) in [4.78, 5) is 3.02. The Morgan fingerprint density at radius 1 is 1.00 bits per heavy atom. The predicted molar refractivity (Wildman–Crippen MR) is 118 cm³/mol. The maximum atomic E-state index is 10.3. The van der Waals surface area contributed by atoms with E-state index < -0.39 is 0 Å². The van der Waals surface area contributed by atoms with Crippen LogP contribution in [0.5, 0.6) is 0 Å². The number of hydrogen-bond acceptors (Lipinski definition) is 2. The van der Waals surface area contributed by atoms with E-state index in [-0.39, 0.29) is 6.10 Å². The third-order valence-electron chi connectivity index (χ3n) is 11.7. The maximum absolute atomic E-state index is 10.3. The zero-order chi connectivity index (χ0) is 20.1. The lowest BCUT2D eigenvalue weighted by atomic mass is 9.47. The van der Waals surface area contributed by atoms with Crippen LogP contribution in [-0.4, -0.2) is 34.7 Å². The fourth-order valence-electron chi connectivity index (χ4n) is 10.4. The van der Waals surface area contributed by atoms with Crippen LogP contribution in [0.25, 0.3) is 0 Å². The molecule has 2 aliphatic heterocycles. The van der Waals surface area contributed by atoms with Gasteiger partial charge in [0, 0.05) is 18.6 Å². The van der Waals surface area contributed by atoms with Gasteiger partial charge in [-0.05, 0) is 104 Å². The van der Waals surface area contributed by atoms with Crippen molar-refractivity contribution in [1.82, 2.24) is 4.90 Å². The fraction of sp³-hybridized carbons (Fsp3) is 0.926. The molecule has 6 rings (SSSR count). The molecule has 5 fully saturated rings. The molecular formula is C27H43NO. The summed E-state index contributed by atoms with van der Waals surface area (Å²) < 4.78 is 0. The van der Waals surface area contributed by atoms with Gasteiger partial charge in [0.25, 0.3) is 0 Å². The molecule has 10 unspecified atom stereocenters. The number of nitrogens with zero attached hydrogens (tertiary/aromatic N) is 1. The van der Waals surface area contributed by atoms with Gasteiger partial charge in [-0.3, -0.25) is 4.90 Å². The number of rotatable bonds is 0. The quantitative estimate of drug-likeness (QED) is 0.534. The van der Waals surface area contributed by atoms with Crippen LogP contribution in [0, 0.1) is 46.3 Å². The Bertz CT molecular complexity index is 715. The van der Waals surface area contributed by atoms with Gasteiger partial charge in [-0.25, -0.2) is 0 Å². The van der Waals surface area contributed by atoms with Crippen LogP contribution in [0.4, 0.5) is 0 Å². The van der Waals surface area contributed by atoms with E-state index in [9.17, 15) is 5.11 Å². The number of aliphatic hydroxyl groups excluding tert-OH is 1. The lowest BCUT2D eigenvalue weighted by Gasteiger charge is -2.58. The van der Waals surface area contributed by atoms with Gasteiger partial charge in [0.15, 0.2) is 0 Å². The van der Waals surface area contributed by atoms with Crippen molar-refractivity contribution in [3.63, 3.8) is 0 Å². The smallest absolute Gasteiger partial charge is 0.0577 e. The molecule has 2 nitrogen and oxygen atoms in total. The average molecular weight is 398 g/mol. The molecule has 29 heavy (non-hydrogen) atoms. The molecule has 0 aromatic carbocycles. The van der Waals surface area contributed by atoms with Crippen molar-refractivity contribution in [2.24, 2.45) is 46.3 Å². The molecule has 2 saturated heterocycles. The fourth-order valence-corrected chi connectivity index (χ4v) is 10.4. The van der Waals surface area contributed by atoms with Gasteiger partial charge in [0.2, 0.25) is 0 Å². The Labute approximate surface area is 178 Å². The Balaban J connectivity index is 1.33. The summed E-state index contributed by atoms with van der Waals surface area (Å²) in [6, 6.07) is 1.75. The highest BCUT2D eigenvalue weighted by Crippen LogP contribution is 2.69. The summed E-state index contributed by atoms with van der Waals surface area (Å²) in [5, 5.41) is 10.3. The van der Waals surface area contributed by atoms with E-state index in [1.807, 2.05) is 0 Å². The van der Waals surface area contributed by atoms with E-state index in [4.69, 9.17) is 0 Å². The lowest BCUT2D eigenvalue weighted by molar-refractivity contribution is -0.0574. The number of hydrogen-bond donors (Lipinski definition) is 1. The molecule has 6 aliphatic rings. The van der Waals surface area contributed by atoms with Crippen LogP contribution < -0.4 is 0 Å². The highest BCUT2D eigenvalue weighted by Gasteiger charge is 2.66. The topological polar surface area (TPSA) is 23.5 Å². The minimum atomic E-state index is -0.0792. The Kier molecular flexibility index (Phi) is 4.23. The zero-order valence-electron chi connectivity index (χ0n) is 19.2. The molecule has 0 bridgehead atoms. The van der Waals surface area contributed by atoms with Crippen molar-refractivity contribution < 1.29 is 5.11 Å². The van der Waals surface area contributed by atoms with Gasteiger partial charge in [0.05, 0.1) is 6.10 Å². The van der Waals surface area contributed by atoms with Crippen molar-refractivity contribution in [3.05, 3.63) is 11.6 Å². The molecular weight excluding hydrogens is 354 g/mol. The summed E-state index contributed by atoms with van der Waals surface area (Å²) in [5.41, 5.74) is 2.58. The first-order valence-corrected chi connectivity index (χ1v) is 13.0. The van der Waals surface area contributed by atoms with Gasteiger partial charge >= 0.3 is 0 Å².